The molecule has 1 amide bonds. The Balaban J connectivity index is 2.07. The van der Waals surface area contributed by atoms with Crippen molar-refractivity contribution in [2.24, 2.45) is 0 Å². The normalized spacial score (nSPS) is 27.2. The first-order valence-corrected chi connectivity index (χ1v) is 7.87. The number of aliphatic hydroxyl groups is 1. The van der Waals surface area contributed by atoms with E-state index in [2.05, 4.69) is 5.32 Å². The molecule has 0 saturated carbocycles. The Morgan fingerprint density at radius 3 is 2.91 bits per heavy atom. The number of nitrogens with one attached hydrogen (secondary N) is 1. The van der Waals surface area contributed by atoms with Gasteiger partial charge in [0.15, 0.2) is 0 Å². The van der Waals surface area contributed by atoms with Gasteiger partial charge in [0, 0.05) is 19.2 Å². The number of piperazine rings is 1. The van der Waals surface area contributed by atoms with Crippen molar-refractivity contribution in [3.05, 3.63) is 15.8 Å². The third-order valence-corrected chi connectivity index (χ3v) is 5.23. The molecule has 8 heteroatoms. The van der Waals surface area contributed by atoms with Crippen molar-refractivity contribution in [3.63, 3.8) is 0 Å². The van der Waals surface area contributed by atoms with E-state index in [0.29, 0.717) is 23.7 Å². The first-order valence-electron chi connectivity index (χ1n) is 7.05. The third-order valence-electron chi connectivity index (χ3n) is 4.05. The molecular formula is C14H18N2O5S. The molecule has 0 spiro atoms. The fourth-order valence-corrected chi connectivity index (χ4v) is 3.94. The van der Waals surface area contributed by atoms with Crippen LogP contribution in [-0.2, 0) is 4.79 Å². The van der Waals surface area contributed by atoms with Crippen LogP contribution in [0.25, 0.3) is 0 Å². The first kappa shape index (κ1) is 15.3. The number of hydrogen-bond donors (Lipinski definition) is 3. The molecule has 0 unspecified atom stereocenters. The van der Waals surface area contributed by atoms with Gasteiger partial charge in [0.1, 0.15) is 22.3 Å². The molecule has 1 aromatic heterocycles. The first-order chi connectivity index (χ1) is 10.3. The van der Waals surface area contributed by atoms with Crippen LogP contribution in [-0.4, -0.2) is 58.3 Å². The summed E-state index contributed by atoms with van der Waals surface area (Å²) in [6.45, 7) is 4.80. The number of carbonyl (C=O) groups is 2. The second-order valence-corrected chi connectivity index (χ2v) is 7.09. The minimum absolute atomic E-state index is 0.107. The van der Waals surface area contributed by atoms with Crippen LogP contribution in [0.1, 0.15) is 34.4 Å². The van der Waals surface area contributed by atoms with Gasteiger partial charge < -0.3 is 25.2 Å². The lowest BCUT2D eigenvalue weighted by Crippen LogP contribution is -2.58. The van der Waals surface area contributed by atoms with E-state index in [1.807, 2.05) is 0 Å². The van der Waals surface area contributed by atoms with Crippen LogP contribution in [0, 0.1) is 0 Å². The van der Waals surface area contributed by atoms with E-state index in [4.69, 9.17) is 4.74 Å². The Hall–Kier alpha value is -1.64. The summed E-state index contributed by atoms with van der Waals surface area (Å²) in [5.74, 6) is -0.709. The largest absolute Gasteiger partial charge is 0.484 e. The van der Waals surface area contributed by atoms with Crippen LogP contribution in [0.4, 0.5) is 0 Å². The molecule has 120 valence electrons. The van der Waals surface area contributed by atoms with Crippen molar-refractivity contribution in [2.45, 2.75) is 31.6 Å². The number of thiophene rings is 1. The minimum atomic E-state index is -1.04. The molecule has 1 saturated heterocycles. The van der Waals surface area contributed by atoms with Crippen LogP contribution in [0.3, 0.4) is 0 Å². The molecule has 3 rings (SSSR count). The molecule has 1 fully saturated rings. The van der Waals surface area contributed by atoms with E-state index in [1.165, 1.54) is 6.07 Å². The quantitative estimate of drug-likeness (QED) is 0.730. The van der Waals surface area contributed by atoms with Gasteiger partial charge in [0.25, 0.3) is 0 Å². The van der Waals surface area contributed by atoms with Gasteiger partial charge in [-0.25, -0.2) is 4.79 Å². The molecule has 3 N–H and O–H groups in total. The van der Waals surface area contributed by atoms with Crippen molar-refractivity contribution in [1.82, 2.24) is 10.2 Å². The van der Waals surface area contributed by atoms with Crippen molar-refractivity contribution in [2.75, 3.05) is 19.6 Å². The number of carboxylic acid groups (broad SMARTS) is 1. The highest BCUT2D eigenvalue weighted by molar-refractivity contribution is 7.14. The standard InChI is InChI=1S/C14H18N2O5S/c1-14(2)12(18)10(16-4-3-15-6-9(16)17)11-7(21-14)5-8(22-11)13(19)20/h5,10,12,15,18H,3-4,6H2,1-2H3,(H,19,20)/t10-,12+/m0/s1. The third kappa shape index (κ3) is 2.37. The highest BCUT2D eigenvalue weighted by Crippen LogP contribution is 2.47. The van der Waals surface area contributed by atoms with Crippen LogP contribution in [0.15, 0.2) is 6.07 Å². The Morgan fingerprint density at radius 2 is 2.27 bits per heavy atom. The zero-order chi connectivity index (χ0) is 16.1. The number of fused-ring (bicyclic) bond motifs is 1. The van der Waals surface area contributed by atoms with E-state index in [0.717, 1.165) is 11.3 Å². The van der Waals surface area contributed by atoms with E-state index in [9.17, 15) is 19.8 Å². The molecule has 0 aliphatic carbocycles. The summed E-state index contributed by atoms with van der Waals surface area (Å²) in [5, 5.41) is 22.9. The molecule has 7 nitrogen and oxygen atoms in total. The topological polar surface area (TPSA) is 99.1 Å². The van der Waals surface area contributed by atoms with Gasteiger partial charge in [0.05, 0.1) is 17.5 Å². The van der Waals surface area contributed by atoms with Gasteiger partial charge in [-0.1, -0.05) is 0 Å². The molecular weight excluding hydrogens is 308 g/mol. The summed E-state index contributed by atoms with van der Waals surface area (Å²) in [5.41, 5.74) is -0.903. The molecule has 3 heterocycles. The lowest BCUT2D eigenvalue weighted by Gasteiger charge is -2.46. The molecule has 0 radical (unpaired) electrons. The Morgan fingerprint density at radius 1 is 1.55 bits per heavy atom. The average molecular weight is 326 g/mol. The molecule has 0 bridgehead atoms. The summed E-state index contributed by atoms with van der Waals surface area (Å²) in [7, 11) is 0. The number of carboxylic acids is 1. The summed E-state index contributed by atoms with van der Waals surface area (Å²) >= 11 is 1.05. The predicted octanol–water partition coefficient (Wildman–Crippen LogP) is 0.451. The zero-order valence-electron chi connectivity index (χ0n) is 12.3. The van der Waals surface area contributed by atoms with Crippen molar-refractivity contribution in [3.8, 4) is 5.75 Å². The predicted molar refractivity (Wildman–Crippen MR) is 79.3 cm³/mol. The van der Waals surface area contributed by atoms with Gasteiger partial charge in [-0.05, 0) is 13.8 Å². The van der Waals surface area contributed by atoms with Crippen molar-refractivity contribution in [1.29, 1.82) is 0 Å². The van der Waals surface area contributed by atoms with Crippen LogP contribution >= 0.6 is 11.3 Å². The van der Waals surface area contributed by atoms with E-state index in [1.54, 1.807) is 18.7 Å². The van der Waals surface area contributed by atoms with Crippen LogP contribution < -0.4 is 10.1 Å². The maximum absolute atomic E-state index is 12.2. The number of carbonyl (C=O) groups excluding carboxylic acids is 1. The monoisotopic (exact) mass is 326 g/mol. The summed E-state index contributed by atoms with van der Waals surface area (Å²) < 4.78 is 5.76. The number of aromatic carboxylic acids is 1. The molecule has 2 atom stereocenters. The van der Waals surface area contributed by atoms with Crippen LogP contribution in [0.2, 0.25) is 0 Å². The van der Waals surface area contributed by atoms with Crippen molar-refractivity contribution < 1.29 is 24.5 Å². The fraction of sp³-hybridized carbons (Fsp3) is 0.571. The van der Waals surface area contributed by atoms with Gasteiger partial charge in [-0.2, -0.15) is 0 Å². The Labute approximate surface area is 131 Å². The van der Waals surface area contributed by atoms with Gasteiger partial charge >= 0.3 is 5.97 Å². The maximum Gasteiger partial charge on any atom is 0.346 e. The number of amides is 1. The average Bonchev–Trinajstić information content (AvgIpc) is 2.84. The highest BCUT2D eigenvalue weighted by Gasteiger charge is 2.48. The number of nitrogens with zero attached hydrogens (tertiary/aromatic N) is 1. The maximum atomic E-state index is 12.2. The summed E-state index contributed by atoms with van der Waals surface area (Å²) in [4.78, 5) is 25.8. The molecule has 2 aliphatic rings. The van der Waals surface area contributed by atoms with Crippen molar-refractivity contribution >= 4 is 23.2 Å². The second-order valence-electron chi connectivity index (χ2n) is 6.00. The summed E-state index contributed by atoms with van der Waals surface area (Å²) in [6, 6.07) is 0.891. The molecule has 2 aliphatic heterocycles. The van der Waals surface area contributed by atoms with E-state index >= 15 is 0 Å². The van der Waals surface area contributed by atoms with E-state index < -0.39 is 23.7 Å². The number of aliphatic hydroxyl groups excluding tert-OH is 1. The number of hydrogen-bond acceptors (Lipinski definition) is 6. The SMILES string of the molecule is CC1(C)Oc2cc(C(=O)O)sc2[C@H](N2CCNCC2=O)[C@H]1O. The number of ether oxygens (including phenoxy) is 1. The smallest absolute Gasteiger partial charge is 0.346 e. The van der Waals surface area contributed by atoms with Gasteiger partial charge in [-0.15, -0.1) is 11.3 Å². The Kier molecular flexibility index (Phi) is 3.62. The fourth-order valence-electron chi connectivity index (χ4n) is 2.87. The Bertz CT molecular complexity index is 627. The zero-order valence-corrected chi connectivity index (χ0v) is 13.1. The van der Waals surface area contributed by atoms with Gasteiger partial charge in [0.2, 0.25) is 5.91 Å². The molecule has 0 aromatic carbocycles. The lowest BCUT2D eigenvalue weighted by atomic mass is 9.89. The molecule has 22 heavy (non-hydrogen) atoms. The molecule has 1 aromatic rings. The second kappa shape index (κ2) is 5.22. The number of rotatable bonds is 2. The highest BCUT2D eigenvalue weighted by atomic mass is 32.1. The van der Waals surface area contributed by atoms with Crippen LogP contribution in [0.5, 0.6) is 5.75 Å². The van der Waals surface area contributed by atoms with Gasteiger partial charge in [-0.3, -0.25) is 4.79 Å². The summed E-state index contributed by atoms with van der Waals surface area (Å²) in [6.07, 6.45) is -0.928. The minimum Gasteiger partial charge on any atom is -0.484 e. The lowest BCUT2D eigenvalue weighted by molar-refractivity contribution is -0.145. The van der Waals surface area contributed by atoms with E-state index in [-0.39, 0.29) is 17.3 Å².